The van der Waals surface area contributed by atoms with Gasteiger partial charge in [-0.25, -0.2) is 5.84 Å². The number of hydrazine groups is 1. The van der Waals surface area contributed by atoms with Crippen LogP contribution in [0.5, 0.6) is 0 Å². The van der Waals surface area contributed by atoms with Crippen LogP contribution >= 0.6 is 0 Å². The molecule has 4 aromatic rings. The molecule has 0 aliphatic heterocycles. The summed E-state index contributed by atoms with van der Waals surface area (Å²) in [4.78, 5) is 36.0. The Morgan fingerprint density at radius 1 is 1.13 bits per heavy atom. The Morgan fingerprint density at radius 3 is 2.63 bits per heavy atom. The first-order valence-corrected chi connectivity index (χ1v) is 8.91. The second-order valence-corrected chi connectivity index (χ2v) is 6.65. The fourth-order valence-corrected chi connectivity index (χ4v) is 3.32. The van der Waals surface area contributed by atoms with Crippen molar-refractivity contribution in [3.8, 4) is 11.3 Å². The number of aryl methyl sites for hydroxylation is 1. The van der Waals surface area contributed by atoms with Gasteiger partial charge in [0.25, 0.3) is 17.5 Å². The van der Waals surface area contributed by atoms with Crippen molar-refractivity contribution in [3.63, 3.8) is 0 Å². The van der Waals surface area contributed by atoms with E-state index in [9.17, 15) is 19.7 Å². The van der Waals surface area contributed by atoms with E-state index in [0.29, 0.717) is 10.9 Å². The topological polar surface area (TPSA) is 133 Å². The van der Waals surface area contributed by atoms with Gasteiger partial charge in [0.05, 0.1) is 21.6 Å². The lowest BCUT2D eigenvalue weighted by Gasteiger charge is -2.03. The van der Waals surface area contributed by atoms with Crippen molar-refractivity contribution in [1.82, 2.24) is 9.99 Å². The van der Waals surface area contributed by atoms with Crippen LogP contribution in [0.4, 0.5) is 5.69 Å². The van der Waals surface area contributed by atoms with Crippen molar-refractivity contribution in [2.24, 2.45) is 5.84 Å². The zero-order valence-electron chi connectivity index (χ0n) is 15.8. The summed E-state index contributed by atoms with van der Waals surface area (Å²) in [6.45, 7) is 1.75. The lowest BCUT2D eigenvalue weighted by molar-refractivity contribution is -0.384. The van der Waals surface area contributed by atoms with Crippen molar-refractivity contribution >= 4 is 28.4 Å². The average Bonchev–Trinajstić information content (AvgIpc) is 3.38. The maximum Gasteiger partial charge on any atom is 0.298 e. The number of para-hydroxylation sites is 1. The number of nitro groups is 1. The summed E-state index contributed by atoms with van der Waals surface area (Å²) in [6, 6.07) is 14.6. The number of nitrogens with zero attached hydrogens (tertiary/aromatic N) is 2. The van der Waals surface area contributed by atoms with E-state index in [1.807, 2.05) is 0 Å². The molecule has 0 aliphatic rings. The van der Waals surface area contributed by atoms with E-state index in [0.717, 1.165) is 5.56 Å². The molecule has 0 saturated carbocycles. The molecule has 3 N–H and O–H groups in total. The summed E-state index contributed by atoms with van der Waals surface area (Å²) >= 11 is 0. The molecule has 2 aromatic carbocycles. The molecular weight excluding hydrogens is 388 g/mol. The highest BCUT2D eigenvalue weighted by molar-refractivity contribution is 6.10. The predicted octanol–water partition coefficient (Wildman–Crippen LogP) is 3.41. The molecule has 0 spiro atoms. The zero-order chi connectivity index (χ0) is 21.4. The van der Waals surface area contributed by atoms with Crippen LogP contribution in [-0.4, -0.2) is 21.3 Å². The van der Waals surface area contributed by atoms with Crippen molar-refractivity contribution in [3.05, 3.63) is 87.8 Å². The minimum absolute atomic E-state index is 0.0275. The summed E-state index contributed by atoms with van der Waals surface area (Å²) in [7, 11) is 0. The van der Waals surface area contributed by atoms with Crippen LogP contribution in [-0.2, 0) is 0 Å². The third kappa shape index (κ3) is 3.12. The third-order valence-electron chi connectivity index (χ3n) is 4.74. The van der Waals surface area contributed by atoms with Crippen LogP contribution in [0, 0.1) is 17.0 Å². The van der Waals surface area contributed by atoms with Gasteiger partial charge < -0.3 is 4.42 Å². The largest absolute Gasteiger partial charge is 0.451 e. The van der Waals surface area contributed by atoms with E-state index >= 15 is 0 Å². The number of amides is 1. The monoisotopic (exact) mass is 404 g/mol. The number of aromatic nitrogens is 1. The van der Waals surface area contributed by atoms with Crippen LogP contribution in [0.3, 0.4) is 0 Å². The number of nitrogens with one attached hydrogen (secondary N) is 1. The Balaban J connectivity index is 1.78. The molecule has 0 unspecified atom stereocenters. The summed E-state index contributed by atoms with van der Waals surface area (Å²) in [5.74, 6) is 4.35. The molecule has 9 heteroatoms. The molecule has 0 bridgehead atoms. The minimum Gasteiger partial charge on any atom is -0.451 e. The number of carbonyl (C=O) groups is 2. The Bertz CT molecular complexity index is 1320. The molecule has 0 saturated heterocycles. The second-order valence-electron chi connectivity index (χ2n) is 6.65. The molecule has 1 amide bonds. The SMILES string of the molecule is Cc1ccc(-c2ccc(C(=O)n3cc(C(=O)NN)c4ccccc43)o2)c([N+](=O)[O-])c1. The normalized spacial score (nSPS) is 10.9. The lowest BCUT2D eigenvalue weighted by atomic mass is 10.1. The Morgan fingerprint density at radius 2 is 1.90 bits per heavy atom. The second kappa shape index (κ2) is 7.30. The standard InChI is InChI=1S/C21H16N4O5/c1-12-6-7-14(17(10-12)25(28)29)18-8-9-19(30-18)21(27)24-11-15(20(26)23-22)13-4-2-3-5-16(13)24/h2-11H,22H2,1H3,(H,23,26). The number of nitrogen functional groups attached to an aromatic ring is 1. The van der Waals surface area contributed by atoms with E-state index in [-0.39, 0.29) is 28.3 Å². The Hall–Kier alpha value is -4.24. The number of hydrogen-bond donors (Lipinski definition) is 2. The minimum atomic E-state index is -0.534. The number of hydrogen-bond acceptors (Lipinski definition) is 6. The van der Waals surface area contributed by atoms with Gasteiger partial charge in [0.15, 0.2) is 5.76 Å². The van der Waals surface area contributed by atoms with Gasteiger partial charge in [0.2, 0.25) is 0 Å². The summed E-state index contributed by atoms with van der Waals surface area (Å²) < 4.78 is 6.95. The van der Waals surface area contributed by atoms with Crippen LogP contribution in [0.1, 0.15) is 26.5 Å². The Kier molecular flexibility index (Phi) is 4.65. The lowest BCUT2D eigenvalue weighted by Crippen LogP contribution is -2.29. The fourth-order valence-electron chi connectivity index (χ4n) is 3.32. The molecule has 30 heavy (non-hydrogen) atoms. The highest BCUT2D eigenvalue weighted by Gasteiger charge is 2.23. The predicted molar refractivity (Wildman–Crippen MR) is 109 cm³/mol. The van der Waals surface area contributed by atoms with Crippen LogP contribution in [0.2, 0.25) is 0 Å². The molecule has 2 aromatic heterocycles. The third-order valence-corrected chi connectivity index (χ3v) is 4.74. The first kappa shape index (κ1) is 19.1. The van der Waals surface area contributed by atoms with Crippen molar-refractivity contribution < 1.29 is 18.9 Å². The molecule has 0 atom stereocenters. The molecule has 2 heterocycles. The smallest absolute Gasteiger partial charge is 0.298 e. The van der Waals surface area contributed by atoms with Gasteiger partial charge >= 0.3 is 0 Å². The van der Waals surface area contributed by atoms with E-state index in [2.05, 4.69) is 5.43 Å². The first-order chi connectivity index (χ1) is 14.4. The van der Waals surface area contributed by atoms with Gasteiger partial charge in [-0.1, -0.05) is 24.3 Å². The summed E-state index contributed by atoms with van der Waals surface area (Å²) in [6.07, 6.45) is 1.38. The van der Waals surface area contributed by atoms with E-state index in [1.165, 1.54) is 29.0 Å². The quantitative estimate of drug-likeness (QED) is 0.232. The maximum atomic E-state index is 13.1. The zero-order valence-corrected chi connectivity index (χ0v) is 15.8. The van der Waals surface area contributed by atoms with Crippen LogP contribution in [0.15, 0.2) is 65.2 Å². The van der Waals surface area contributed by atoms with Gasteiger partial charge in [0, 0.05) is 17.6 Å². The molecule has 0 aliphatic carbocycles. The van der Waals surface area contributed by atoms with E-state index in [4.69, 9.17) is 10.3 Å². The van der Waals surface area contributed by atoms with Crippen molar-refractivity contribution in [2.45, 2.75) is 6.92 Å². The molecule has 0 fully saturated rings. The molecular formula is C21H16N4O5. The van der Waals surface area contributed by atoms with Gasteiger partial charge in [0.1, 0.15) is 5.76 Å². The van der Waals surface area contributed by atoms with Gasteiger partial charge in [-0.05, 0) is 36.8 Å². The van der Waals surface area contributed by atoms with Crippen molar-refractivity contribution in [1.29, 1.82) is 0 Å². The number of rotatable bonds is 4. The number of fused-ring (bicyclic) bond motifs is 1. The highest BCUT2D eigenvalue weighted by Crippen LogP contribution is 2.32. The fraction of sp³-hybridized carbons (Fsp3) is 0.0476. The van der Waals surface area contributed by atoms with Crippen LogP contribution in [0.25, 0.3) is 22.2 Å². The van der Waals surface area contributed by atoms with Crippen LogP contribution < -0.4 is 11.3 Å². The molecule has 150 valence electrons. The number of nitro benzene ring substituents is 1. The van der Waals surface area contributed by atoms with E-state index in [1.54, 1.807) is 43.3 Å². The first-order valence-electron chi connectivity index (χ1n) is 8.91. The number of nitrogens with two attached hydrogens (primary N) is 1. The number of furan rings is 1. The number of carbonyl (C=O) groups excluding carboxylic acids is 2. The number of benzene rings is 2. The van der Waals surface area contributed by atoms with Gasteiger partial charge in [-0.2, -0.15) is 0 Å². The van der Waals surface area contributed by atoms with E-state index < -0.39 is 16.7 Å². The molecule has 4 rings (SSSR count). The average molecular weight is 404 g/mol. The molecule has 0 radical (unpaired) electrons. The highest BCUT2D eigenvalue weighted by atomic mass is 16.6. The van der Waals surface area contributed by atoms with Gasteiger partial charge in [-0.15, -0.1) is 0 Å². The summed E-state index contributed by atoms with van der Waals surface area (Å²) in [5, 5.41) is 11.9. The van der Waals surface area contributed by atoms with Gasteiger partial charge in [-0.3, -0.25) is 29.7 Å². The summed E-state index contributed by atoms with van der Waals surface area (Å²) in [5.41, 5.74) is 3.69. The van der Waals surface area contributed by atoms with Crippen molar-refractivity contribution in [2.75, 3.05) is 0 Å². The molecule has 9 nitrogen and oxygen atoms in total. The Labute approximate surface area is 169 Å². The maximum absolute atomic E-state index is 13.1.